The van der Waals surface area contributed by atoms with E-state index in [1.807, 2.05) is 24.3 Å². The maximum absolute atomic E-state index is 5.71. The first-order valence-corrected chi connectivity index (χ1v) is 4.54. The Morgan fingerprint density at radius 3 is 2.80 bits per heavy atom. The number of aromatic nitrogens is 3. The predicted octanol–water partition coefficient (Wildman–Crippen LogP) is 1.17. The maximum atomic E-state index is 5.71. The highest BCUT2D eigenvalue weighted by Gasteiger charge is 2.05. The van der Waals surface area contributed by atoms with E-state index < -0.39 is 0 Å². The number of rotatable bonds is 2. The quantitative estimate of drug-likeness (QED) is 0.797. The molecule has 0 saturated carbocycles. The third-order valence-electron chi connectivity index (χ3n) is 2.04. The zero-order valence-electron chi connectivity index (χ0n) is 8.64. The van der Waals surface area contributed by atoms with E-state index in [2.05, 4.69) is 10.1 Å². The van der Waals surface area contributed by atoms with Crippen LogP contribution in [0.4, 0.5) is 5.95 Å². The van der Waals surface area contributed by atoms with Gasteiger partial charge in [-0.05, 0) is 19.1 Å². The Hall–Kier alpha value is -2.04. The lowest BCUT2D eigenvalue weighted by Crippen LogP contribution is -2.02. The molecule has 0 spiro atoms. The zero-order chi connectivity index (χ0) is 10.8. The molecule has 0 atom stereocenters. The molecule has 2 N–H and O–H groups in total. The average molecular weight is 204 g/mol. The van der Waals surface area contributed by atoms with Crippen LogP contribution in [0.25, 0.3) is 5.69 Å². The normalized spacial score (nSPS) is 10.3. The molecule has 0 bridgehead atoms. The van der Waals surface area contributed by atoms with E-state index in [1.165, 1.54) is 0 Å². The summed E-state index contributed by atoms with van der Waals surface area (Å²) in [6.07, 6.45) is 0. The molecule has 0 amide bonds. The molecule has 2 aromatic rings. The van der Waals surface area contributed by atoms with E-state index in [0.717, 1.165) is 11.4 Å². The Labute approximate surface area is 87.5 Å². The summed E-state index contributed by atoms with van der Waals surface area (Å²) in [7, 11) is 1.62. The van der Waals surface area contributed by atoms with Crippen LogP contribution in [-0.4, -0.2) is 21.9 Å². The number of benzene rings is 1. The molecule has 5 heteroatoms. The Morgan fingerprint density at radius 1 is 1.40 bits per heavy atom. The first-order chi connectivity index (χ1) is 7.20. The third-order valence-corrected chi connectivity index (χ3v) is 2.04. The fourth-order valence-electron chi connectivity index (χ4n) is 1.36. The number of anilines is 1. The van der Waals surface area contributed by atoms with Gasteiger partial charge in [0.15, 0.2) is 0 Å². The van der Waals surface area contributed by atoms with Gasteiger partial charge in [0.05, 0.1) is 12.8 Å². The number of nitrogens with two attached hydrogens (primary N) is 1. The minimum absolute atomic E-state index is 0.376. The Bertz CT molecular complexity index is 478. The minimum atomic E-state index is 0.376. The summed E-state index contributed by atoms with van der Waals surface area (Å²) in [6, 6.07) is 7.49. The van der Waals surface area contributed by atoms with E-state index in [9.17, 15) is 0 Å². The zero-order valence-corrected chi connectivity index (χ0v) is 8.64. The van der Waals surface area contributed by atoms with Crippen molar-refractivity contribution in [2.24, 2.45) is 0 Å². The summed E-state index contributed by atoms with van der Waals surface area (Å²) in [4.78, 5) is 4.03. The number of ether oxygens (including phenoxy) is 1. The van der Waals surface area contributed by atoms with Gasteiger partial charge in [0.25, 0.3) is 0 Å². The van der Waals surface area contributed by atoms with Crippen molar-refractivity contribution >= 4 is 5.95 Å². The van der Waals surface area contributed by atoms with E-state index in [1.54, 1.807) is 18.7 Å². The van der Waals surface area contributed by atoms with Gasteiger partial charge in [0.2, 0.25) is 5.95 Å². The average Bonchev–Trinajstić information content (AvgIpc) is 2.58. The van der Waals surface area contributed by atoms with Gasteiger partial charge in [-0.15, -0.1) is 5.10 Å². The van der Waals surface area contributed by atoms with Gasteiger partial charge in [-0.1, -0.05) is 6.07 Å². The van der Waals surface area contributed by atoms with Crippen LogP contribution in [0.2, 0.25) is 0 Å². The lowest BCUT2D eigenvalue weighted by Gasteiger charge is -2.04. The third kappa shape index (κ3) is 1.76. The molecule has 0 aliphatic rings. The lowest BCUT2D eigenvalue weighted by atomic mass is 10.3. The molecule has 5 nitrogen and oxygen atoms in total. The monoisotopic (exact) mass is 204 g/mol. The number of aryl methyl sites for hydroxylation is 1. The maximum Gasteiger partial charge on any atom is 0.223 e. The smallest absolute Gasteiger partial charge is 0.223 e. The number of hydrogen-bond acceptors (Lipinski definition) is 4. The van der Waals surface area contributed by atoms with E-state index >= 15 is 0 Å². The molecule has 2 rings (SSSR count). The van der Waals surface area contributed by atoms with E-state index in [-0.39, 0.29) is 0 Å². The highest BCUT2D eigenvalue weighted by atomic mass is 16.5. The van der Waals surface area contributed by atoms with Gasteiger partial charge in [-0.3, -0.25) is 0 Å². The molecular weight excluding hydrogens is 192 g/mol. The van der Waals surface area contributed by atoms with Gasteiger partial charge in [-0.2, -0.15) is 9.67 Å². The first kappa shape index (κ1) is 9.51. The molecule has 0 radical (unpaired) electrons. The molecule has 0 unspecified atom stereocenters. The van der Waals surface area contributed by atoms with E-state index in [0.29, 0.717) is 11.8 Å². The molecule has 0 fully saturated rings. The van der Waals surface area contributed by atoms with Crippen molar-refractivity contribution in [3.63, 3.8) is 0 Å². The van der Waals surface area contributed by atoms with Gasteiger partial charge >= 0.3 is 0 Å². The second-order valence-corrected chi connectivity index (χ2v) is 3.13. The number of nitrogen functional groups attached to an aromatic ring is 1. The molecule has 0 aliphatic heterocycles. The van der Waals surface area contributed by atoms with Crippen LogP contribution in [0.5, 0.6) is 5.75 Å². The number of methoxy groups -OCH3 is 1. The Balaban J connectivity index is 2.49. The molecule has 0 saturated heterocycles. The second-order valence-electron chi connectivity index (χ2n) is 3.13. The summed E-state index contributed by atoms with van der Waals surface area (Å²) < 4.78 is 6.70. The molecule has 78 valence electrons. The van der Waals surface area contributed by atoms with Gasteiger partial charge in [-0.25, -0.2) is 0 Å². The minimum Gasteiger partial charge on any atom is -0.497 e. The number of nitrogens with zero attached hydrogens (tertiary/aromatic N) is 3. The summed E-state index contributed by atoms with van der Waals surface area (Å²) >= 11 is 0. The van der Waals surface area contributed by atoms with Crippen LogP contribution in [0, 0.1) is 6.92 Å². The molecule has 1 aromatic carbocycles. The van der Waals surface area contributed by atoms with Crippen LogP contribution in [0.3, 0.4) is 0 Å². The summed E-state index contributed by atoms with van der Waals surface area (Å²) in [5, 5.41) is 4.18. The van der Waals surface area contributed by atoms with Crippen LogP contribution in [0.15, 0.2) is 24.3 Å². The highest BCUT2D eigenvalue weighted by Crippen LogP contribution is 2.17. The van der Waals surface area contributed by atoms with Crippen molar-refractivity contribution in [3.05, 3.63) is 30.1 Å². The predicted molar refractivity (Wildman–Crippen MR) is 57.1 cm³/mol. The topological polar surface area (TPSA) is 66.0 Å². The van der Waals surface area contributed by atoms with Gasteiger partial charge in [0.1, 0.15) is 11.6 Å². The fraction of sp³-hybridized carbons (Fsp3) is 0.200. The van der Waals surface area contributed by atoms with Gasteiger partial charge < -0.3 is 10.5 Å². The van der Waals surface area contributed by atoms with Crippen LogP contribution >= 0.6 is 0 Å². The largest absolute Gasteiger partial charge is 0.497 e. The SMILES string of the molecule is COc1cccc(-n2nc(C)nc2N)c1. The van der Waals surface area contributed by atoms with Crippen molar-refractivity contribution < 1.29 is 4.74 Å². The molecule has 0 aliphatic carbocycles. The molecule has 1 aromatic heterocycles. The highest BCUT2D eigenvalue weighted by molar-refractivity contribution is 5.42. The standard InChI is InChI=1S/C10H12N4O/c1-7-12-10(11)14(13-7)8-4-3-5-9(6-8)15-2/h3-6H,1-2H3,(H2,11,12,13). The van der Waals surface area contributed by atoms with Crippen molar-refractivity contribution in [2.75, 3.05) is 12.8 Å². The number of hydrogen-bond donors (Lipinski definition) is 1. The molecule has 15 heavy (non-hydrogen) atoms. The Kier molecular flexibility index (Phi) is 2.29. The van der Waals surface area contributed by atoms with Crippen molar-refractivity contribution in [1.29, 1.82) is 0 Å². The van der Waals surface area contributed by atoms with Crippen LogP contribution in [0.1, 0.15) is 5.82 Å². The molecular formula is C10H12N4O. The Morgan fingerprint density at radius 2 is 2.20 bits per heavy atom. The van der Waals surface area contributed by atoms with Crippen molar-refractivity contribution in [1.82, 2.24) is 14.8 Å². The van der Waals surface area contributed by atoms with Crippen molar-refractivity contribution in [3.8, 4) is 11.4 Å². The molecule has 1 heterocycles. The first-order valence-electron chi connectivity index (χ1n) is 4.54. The fourth-order valence-corrected chi connectivity index (χ4v) is 1.36. The summed E-state index contributed by atoms with van der Waals surface area (Å²) in [6.45, 7) is 1.80. The van der Waals surface area contributed by atoms with Crippen LogP contribution < -0.4 is 10.5 Å². The van der Waals surface area contributed by atoms with Crippen molar-refractivity contribution in [2.45, 2.75) is 6.92 Å². The second kappa shape index (κ2) is 3.61. The van der Waals surface area contributed by atoms with Crippen LogP contribution in [-0.2, 0) is 0 Å². The van der Waals surface area contributed by atoms with Gasteiger partial charge in [0, 0.05) is 6.07 Å². The van der Waals surface area contributed by atoms with E-state index in [4.69, 9.17) is 10.5 Å². The lowest BCUT2D eigenvalue weighted by molar-refractivity contribution is 0.414. The summed E-state index contributed by atoms with van der Waals surface area (Å²) in [5.41, 5.74) is 6.55. The summed E-state index contributed by atoms with van der Waals surface area (Å²) in [5.74, 6) is 1.79.